The molecule has 1 saturated heterocycles. The minimum absolute atomic E-state index is 0.437. The monoisotopic (exact) mass is 267 g/mol. The van der Waals surface area contributed by atoms with Crippen LogP contribution in [-0.4, -0.2) is 43.4 Å². The molecule has 1 fully saturated rings. The lowest BCUT2D eigenvalue weighted by Gasteiger charge is -2.14. The Labute approximate surface area is 113 Å². The maximum Gasteiger partial charge on any atom is 0.262 e. The third-order valence-corrected chi connectivity index (χ3v) is 3.00. The Morgan fingerprint density at radius 1 is 1.47 bits per heavy atom. The van der Waals surface area contributed by atoms with Crippen molar-refractivity contribution in [3.8, 4) is 11.6 Å². The second-order valence-corrected chi connectivity index (χ2v) is 4.53. The van der Waals surface area contributed by atoms with Crippen LogP contribution in [0.2, 0.25) is 0 Å². The number of nitrogens with one attached hydrogen (secondary N) is 1. The topological polar surface area (TPSA) is 65.5 Å². The van der Waals surface area contributed by atoms with E-state index in [4.69, 9.17) is 14.2 Å². The third kappa shape index (κ3) is 3.70. The van der Waals surface area contributed by atoms with Gasteiger partial charge in [-0.1, -0.05) is 6.92 Å². The van der Waals surface area contributed by atoms with Crippen LogP contribution in [0.4, 0.5) is 5.82 Å². The Balaban J connectivity index is 2.01. The summed E-state index contributed by atoms with van der Waals surface area (Å²) >= 11 is 0. The molecule has 1 aliphatic rings. The minimum Gasteiger partial charge on any atom is -0.489 e. The molecule has 19 heavy (non-hydrogen) atoms. The highest BCUT2D eigenvalue weighted by atomic mass is 16.5. The van der Waals surface area contributed by atoms with Crippen LogP contribution < -0.4 is 14.8 Å². The van der Waals surface area contributed by atoms with Crippen molar-refractivity contribution in [1.29, 1.82) is 0 Å². The average molecular weight is 267 g/mol. The van der Waals surface area contributed by atoms with Crippen LogP contribution in [0, 0.1) is 5.92 Å². The quantitative estimate of drug-likeness (QED) is 0.811. The van der Waals surface area contributed by atoms with Gasteiger partial charge in [0.05, 0.1) is 20.3 Å². The molecule has 1 aromatic rings. The Morgan fingerprint density at radius 2 is 2.37 bits per heavy atom. The summed E-state index contributed by atoms with van der Waals surface area (Å²) in [5.74, 6) is 2.17. The molecule has 2 rings (SSSR count). The van der Waals surface area contributed by atoms with Gasteiger partial charge in [-0.25, -0.2) is 4.98 Å². The van der Waals surface area contributed by atoms with Crippen molar-refractivity contribution in [2.24, 2.45) is 5.92 Å². The van der Waals surface area contributed by atoms with Gasteiger partial charge < -0.3 is 19.5 Å². The lowest BCUT2D eigenvalue weighted by molar-refractivity contribution is 0.163. The Bertz CT molecular complexity index is 395. The molecule has 6 heteroatoms. The summed E-state index contributed by atoms with van der Waals surface area (Å²) in [6.45, 7) is 5.11. The van der Waals surface area contributed by atoms with Gasteiger partial charge in [0.2, 0.25) is 5.75 Å². The van der Waals surface area contributed by atoms with Gasteiger partial charge >= 0.3 is 0 Å². The van der Waals surface area contributed by atoms with E-state index in [1.807, 2.05) is 0 Å². The number of anilines is 1. The smallest absolute Gasteiger partial charge is 0.262 e. The first kappa shape index (κ1) is 13.9. The Morgan fingerprint density at radius 3 is 3.05 bits per heavy atom. The third-order valence-electron chi connectivity index (χ3n) is 3.00. The minimum atomic E-state index is 0.437. The molecule has 1 aliphatic heterocycles. The number of methoxy groups -OCH3 is 1. The van der Waals surface area contributed by atoms with E-state index >= 15 is 0 Å². The van der Waals surface area contributed by atoms with Crippen LogP contribution >= 0.6 is 0 Å². The Hall–Kier alpha value is -1.56. The lowest BCUT2D eigenvalue weighted by atomic mass is 10.1. The summed E-state index contributed by atoms with van der Waals surface area (Å²) in [5, 5.41) is 3.20. The lowest BCUT2D eigenvalue weighted by Crippen LogP contribution is -2.14. The summed E-state index contributed by atoms with van der Waals surface area (Å²) in [6, 6.07) is 0. The zero-order valence-electron chi connectivity index (χ0n) is 11.5. The largest absolute Gasteiger partial charge is 0.489 e. The maximum atomic E-state index is 5.74. The fourth-order valence-electron chi connectivity index (χ4n) is 1.93. The van der Waals surface area contributed by atoms with Gasteiger partial charge in [-0.15, -0.1) is 0 Å². The van der Waals surface area contributed by atoms with Gasteiger partial charge in [-0.05, 0) is 12.8 Å². The van der Waals surface area contributed by atoms with Crippen molar-refractivity contribution in [2.75, 3.05) is 38.8 Å². The molecular formula is C13H21N3O3. The first-order chi connectivity index (χ1) is 9.35. The van der Waals surface area contributed by atoms with Gasteiger partial charge in [0.25, 0.3) is 5.88 Å². The van der Waals surface area contributed by atoms with Gasteiger partial charge in [0.1, 0.15) is 6.33 Å². The van der Waals surface area contributed by atoms with E-state index in [2.05, 4.69) is 22.2 Å². The molecule has 0 radical (unpaired) electrons. The van der Waals surface area contributed by atoms with E-state index in [-0.39, 0.29) is 0 Å². The summed E-state index contributed by atoms with van der Waals surface area (Å²) in [5.41, 5.74) is 0. The van der Waals surface area contributed by atoms with Gasteiger partial charge in [-0.3, -0.25) is 0 Å². The molecule has 0 spiro atoms. The summed E-state index contributed by atoms with van der Waals surface area (Å²) < 4.78 is 16.4. The molecule has 6 nitrogen and oxygen atoms in total. The molecule has 0 amide bonds. The van der Waals surface area contributed by atoms with Crippen LogP contribution in [0.3, 0.4) is 0 Å². The van der Waals surface area contributed by atoms with Gasteiger partial charge in [0, 0.05) is 19.1 Å². The molecule has 0 saturated carbocycles. The molecule has 1 aromatic heterocycles. The number of hydrogen-bond donors (Lipinski definition) is 1. The van der Waals surface area contributed by atoms with E-state index in [0.717, 1.165) is 32.6 Å². The van der Waals surface area contributed by atoms with Crippen LogP contribution in [0.15, 0.2) is 6.33 Å². The van der Waals surface area contributed by atoms with Crippen LogP contribution in [-0.2, 0) is 4.74 Å². The highest BCUT2D eigenvalue weighted by molar-refractivity contribution is 5.54. The molecule has 1 atom stereocenters. The van der Waals surface area contributed by atoms with E-state index in [1.54, 1.807) is 7.11 Å². The molecular weight excluding hydrogens is 246 g/mol. The molecule has 0 aliphatic carbocycles. The molecule has 2 heterocycles. The highest BCUT2D eigenvalue weighted by Crippen LogP contribution is 2.31. The Kier molecular flexibility index (Phi) is 5.20. The highest BCUT2D eigenvalue weighted by Gasteiger charge is 2.19. The van der Waals surface area contributed by atoms with E-state index in [0.29, 0.717) is 30.0 Å². The predicted molar refractivity (Wildman–Crippen MR) is 71.8 cm³/mol. The fraction of sp³-hybridized carbons (Fsp3) is 0.692. The molecule has 1 unspecified atom stereocenters. The van der Waals surface area contributed by atoms with Crippen molar-refractivity contribution in [2.45, 2.75) is 19.8 Å². The number of aromatic nitrogens is 2. The summed E-state index contributed by atoms with van der Waals surface area (Å²) in [6.07, 6.45) is 3.54. The standard InChI is InChI=1S/C13H21N3O3/c1-3-5-14-12-11(17-2)13(16-9-15-12)19-8-10-4-6-18-7-10/h9-10H,3-8H2,1-2H3,(H,14,15,16). The maximum absolute atomic E-state index is 5.74. The SMILES string of the molecule is CCCNc1ncnc(OCC2CCOC2)c1OC. The molecule has 1 N–H and O–H groups in total. The molecule has 106 valence electrons. The number of nitrogens with zero attached hydrogens (tertiary/aromatic N) is 2. The first-order valence-electron chi connectivity index (χ1n) is 6.68. The van der Waals surface area contributed by atoms with Crippen molar-refractivity contribution in [3.63, 3.8) is 0 Å². The zero-order valence-corrected chi connectivity index (χ0v) is 11.5. The number of rotatable bonds is 7. The van der Waals surface area contributed by atoms with Crippen LogP contribution in [0.5, 0.6) is 11.6 Å². The molecule has 0 aromatic carbocycles. The summed E-state index contributed by atoms with van der Waals surface area (Å²) in [7, 11) is 1.60. The van der Waals surface area contributed by atoms with E-state index in [9.17, 15) is 0 Å². The van der Waals surface area contributed by atoms with Gasteiger partial charge in [0.15, 0.2) is 5.82 Å². The predicted octanol–water partition coefficient (Wildman–Crippen LogP) is 1.72. The normalized spacial score (nSPS) is 18.3. The van der Waals surface area contributed by atoms with Crippen molar-refractivity contribution in [1.82, 2.24) is 9.97 Å². The van der Waals surface area contributed by atoms with Crippen molar-refractivity contribution >= 4 is 5.82 Å². The van der Waals surface area contributed by atoms with E-state index < -0.39 is 0 Å². The fourth-order valence-corrected chi connectivity index (χ4v) is 1.93. The molecule has 0 bridgehead atoms. The summed E-state index contributed by atoms with van der Waals surface area (Å²) in [4.78, 5) is 8.32. The number of hydrogen-bond acceptors (Lipinski definition) is 6. The second kappa shape index (κ2) is 7.13. The average Bonchev–Trinajstić information content (AvgIpc) is 2.96. The van der Waals surface area contributed by atoms with Gasteiger partial charge in [-0.2, -0.15) is 4.98 Å². The van der Waals surface area contributed by atoms with Crippen LogP contribution in [0.25, 0.3) is 0 Å². The number of ether oxygens (including phenoxy) is 3. The van der Waals surface area contributed by atoms with Crippen molar-refractivity contribution in [3.05, 3.63) is 6.33 Å². The van der Waals surface area contributed by atoms with Crippen LogP contribution in [0.1, 0.15) is 19.8 Å². The zero-order chi connectivity index (χ0) is 13.5. The van der Waals surface area contributed by atoms with E-state index in [1.165, 1.54) is 6.33 Å². The second-order valence-electron chi connectivity index (χ2n) is 4.53. The first-order valence-corrected chi connectivity index (χ1v) is 6.68. The van der Waals surface area contributed by atoms with Crippen molar-refractivity contribution < 1.29 is 14.2 Å².